The molecule has 1 rings (SSSR count). The van der Waals surface area contributed by atoms with E-state index in [-0.39, 0.29) is 13.2 Å². The van der Waals surface area contributed by atoms with Gasteiger partial charge in [-0.05, 0) is 25.7 Å². The van der Waals surface area contributed by atoms with E-state index in [1.165, 1.54) is 25.7 Å². The van der Waals surface area contributed by atoms with E-state index in [1.54, 1.807) is 0 Å². The maximum atomic E-state index is 8.66. The molecule has 1 aliphatic carbocycles. The number of nitrogens with one attached hydrogen (secondary N) is 2. The highest BCUT2D eigenvalue weighted by Crippen LogP contribution is 2.18. The predicted octanol–water partition coefficient (Wildman–Crippen LogP) is -0.539. The van der Waals surface area contributed by atoms with Crippen molar-refractivity contribution >= 4 is 0 Å². The van der Waals surface area contributed by atoms with Crippen molar-refractivity contribution in [3.63, 3.8) is 0 Å². The van der Waals surface area contributed by atoms with E-state index in [0.717, 1.165) is 0 Å². The minimum Gasteiger partial charge on any atom is -0.395 e. The van der Waals surface area contributed by atoms with E-state index in [9.17, 15) is 0 Å². The Hall–Kier alpha value is -0.160. The van der Waals surface area contributed by atoms with Gasteiger partial charge < -0.3 is 20.8 Å². The monoisotopic (exact) mass is 202 g/mol. The van der Waals surface area contributed by atoms with E-state index in [2.05, 4.69) is 10.6 Å². The van der Waals surface area contributed by atoms with Crippen molar-refractivity contribution in [3.05, 3.63) is 0 Å². The number of aliphatic hydroxyl groups excluding tert-OH is 2. The average Bonchev–Trinajstić information content (AvgIpc) is 2.25. The van der Waals surface area contributed by atoms with Gasteiger partial charge in [-0.1, -0.05) is 0 Å². The molecule has 0 aromatic carbocycles. The van der Waals surface area contributed by atoms with Crippen LogP contribution in [0.5, 0.6) is 0 Å². The predicted molar refractivity (Wildman–Crippen MR) is 56.2 cm³/mol. The van der Waals surface area contributed by atoms with Crippen LogP contribution in [0.15, 0.2) is 0 Å². The zero-order valence-corrected chi connectivity index (χ0v) is 8.71. The molecule has 1 fully saturated rings. The van der Waals surface area contributed by atoms with Gasteiger partial charge in [-0.2, -0.15) is 0 Å². The minimum absolute atomic E-state index is 0.225. The summed E-state index contributed by atoms with van der Waals surface area (Å²) in [6.07, 6.45) is 4.68. The number of rotatable bonds is 6. The van der Waals surface area contributed by atoms with Crippen LogP contribution in [-0.4, -0.2) is 48.6 Å². The summed E-state index contributed by atoms with van der Waals surface area (Å²) < 4.78 is 0. The first-order valence-electron chi connectivity index (χ1n) is 5.55. The Kier molecular flexibility index (Phi) is 6.10. The van der Waals surface area contributed by atoms with Crippen molar-refractivity contribution in [3.8, 4) is 0 Å². The molecule has 0 aromatic rings. The van der Waals surface area contributed by atoms with Gasteiger partial charge in [-0.15, -0.1) is 0 Å². The highest BCUT2D eigenvalue weighted by molar-refractivity contribution is 4.80. The summed E-state index contributed by atoms with van der Waals surface area (Å²) in [6, 6.07) is 1.16. The van der Waals surface area contributed by atoms with E-state index < -0.39 is 0 Å². The number of hydrogen-bond donors (Lipinski definition) is 4. The molecular formula is C10H22N2O2. The SMILES string of the molecule is OCCN[C@H]1CC[C@H](NCCO)CC1. The molecular weight excluding hydrogens is 180 g/mol. The quantitative estimate of drug-likeness (QED) is 0.467. The Morgan fingerprint density at radius 2 is 1.14 bits per heavy atom. The van der Waals surface area contributed by atoms with Gasteiger partial charge in [0.2, 0.25) is 0 Å². The first kappa shape index (κ1) is 11.9. The van der Waals surface area contributed by atoms with Crippen molar-refractivity contribution in [2.45, 2.75) is 37.8 Å². The molecule has 0 bridgehead atoms. The lowest BCUT2D eigenvalue weighted by atomic mass is 9.91. The van der Waals surface area contributed by atoms with Crippen LogP contribution in [0.4, 0.5) is 0 Å². The second-order valence-electron chi connectivity index (χ2n) is 3.90. The molecule has 0 radical (unpaired) electrons. The normalized spacial score (nSPS) is 27.9. The zero-order valence-electron chi connectivity index (χ0n) is 8.71. The molecule has 4 N–H and O–H groups in total. The average molecular weight is 202 g/mol. The summed E-state index contributed by atoms with van der Waals surface area (Å²) >= 11 is 0. The molecule has 84 valence electrons. The van der Waals surface area contributed by atoms with Crippen molar-refractivity contribution in [2.75, 3.05) is 26.3 Å². The third kappa shape index (κ3) is 4.37. The van der Waals surface area contributed by atoms with Gasteiger partial charge in [-0.25, -0.2) is 0 Å². The van der Waals surface area contributed by atoms with Crippen LogP contribution in [0.25, 0.3) is 0 Å². The molecule has 0 heterocycles. The van der Waals surface area contributed by atoms with Crippen molar-refractivity contribution in [1.29, 1.82) is 0 Å². The maximum Gasteiger partial charge on any atom is 0.0556 e. The molecule has 4 nitrogen and oxygen atoms in total. The van der Waals surface area contributed by atoms with Crippen LogP contribution in [0, 0.1) is 0 Å². The fourth-order valence-electron chi connectivity index (χ4n) is 2.04. The lowest BCUT2D eigenvalue weighted by molar-refractivity contribution is 0.245. The molecule has 14 heavy (non-hydrogen) atoms. The van der Waals surface area contributed by atoms with E-state index in [1.807, 2.05) is 0 Å². The van der Waals surface area contributed by atoms with Crippen LogP contribution >= 0.6 is 0 Å². The Balaban J connectivity index is 2.05. The van der Waals surface area contributed by atoms with E-state index in [4.69, 9.17) is 10.2 Å². The summed E-state index contributed by atoms with van der Waals surface area (Å²) in [6.45, 7) is 1.87. The third-order valence-corrected chi connectivity index (χ3v) is 2.82. The summed E-state index contributed by atoms with van der Waals surface area (Å²) in [5.74, 6) is 0. The van der Waals surface area contributed by atoms with Gasteiger partial charge in [0.25, 0.3) is 0 Å². The van der Waals surface area contributed by atoms with Crippen LogP contribution in [0.3, 0.4) is 0 Å². The lowest BCUT2D eigenvalue weighted by Crippen LogP contribution is -2.41. The highest BCUT2D eigenvalue weighted by Gasteiger charge is 2.19. The molecule has 4 heteroatoms. The Morgan fingerprint density at radius 3 is 1.43 bits per heavy atom. The van der Waals surface area contributed by atoms with E-state index >= 15 is 0 Å². The van der Waals surface area contributed by atoms with Gasteiger partial charge in [-0.3, -0.25) is 0 Å². The van der Waals surface area contributed by atoms with Gasteiger partial charge in [0.15, 0.2) is 0 Å². The Bertz CT molecular complexity index is 120. The molecule has 0 amide bonds. The van der Waals surface area contributed by atoms with E-state index in [0.29, 0.717) is 25.2 Å². The largest absolute Gasteiger partial charge is 0.395 e. The molecule has 0 atom stereocenters. The van der Waals surface area contributed by atoms with Gasteiger partial charge in [0.1, 0.15) is 0 Å². The smallest absolute Gasteiger partial charge is 0.0556 e. The number of aliphatic hydroxyl groups is 2. The summed E-state index contributed by atoms with van der Waals surface area (Å²) in [5, 5.41) is 24.0. The molecule has 1 aliphatic rings. The lowest BCUT2D eigenvalue weighted by Gasteiger charge is -2.29. The first-order valence-corrected chi connectivity index (χ1v) is 5.55. The molecule has 0 saturated heterocycles. The summed E-state index contributed by atoms with van der Waals surface area (Å²) in [7, 11) is 0. The van der Waals surface area contributed by atoms with Crippen LogP contribution in [-0.2, 0) is 0 Å². The maximum absolute atomic E-state index is 8.66. The Labute approximate surface area is 85.7 Å². The third-order valence-electron chi connectivity index (χ3n) is 2.82. The standard InChI is InChI=1S/C10H22N2O2/c13-7-5-11-9-1-2-10(4-3-9)12-6-8-14/h9-14H,1-8H2/t9-,10-. The molecule has 0 aliphatic heterocycles. The second-order valence-corrected chi connectivity index (χ2v) is 3.90. The fraction of sp³-hybridized carbons (Fsp3) is 1.00. The number of hydrogen-bond acceptors (Lipinski definition) is 4. The second kappa shape index (κ2) is 7.17. The summed E-state index contributed by atoms with van der Waals surface area (Å²) in [4.78, 5) is 0. The van der Waals surface area contributed by atoms with Gasteiger partial charge in [0, 0.05) is 25.2 Å². The zero-order chi connectivity index (χ0) is 10.2. The van der Waals surface area contributed by atoms with Crippen LogP contribution < -0.4 is 10.6 Å². The van der Waals surface area contributed by atoms with Gasteiger partial charge >= 0.3 is 0 Å². The first-order chi connectivity index (χ1) is 6.86. The van der Waals surface area contributed by atoms with Crippen molar-refractivity contribution in [2.24, 2.45) is 0 Å². The summed E-state index contributed by atoms with van der Waals surface area (Å²) in [5.41, 5.74) is 0. The Morgan fingerprint density at radius 1 is 0.786 bits per heavy atom. The van der Waals surface area contributed by atoms with Crippen molar-refractivity contribution < 1.29 is 10.2 Å². The molecule has 0 spiro atoms. The van der Waals surface area contributed by atoms with Gasteiger partial charge in [0.05, 0.1) is 13.2 Å². The fourth-order valence-corrected chi connectivity index (χ4v) is 2.04. The molecule has 0 aromatic heterocycles. The molecule has 0 unspecified atom stereocenters. The highest BCUT2D eigenvalue weighted by atomic mass is 16.3. The van der Waals surface area contributed by atoms with Crippen LogP contribution in [0.2, 0.25) is 0 Å². The van der Waals surface area contributed by atoms with Crippen molar-refractivity contribution in [1.82, 2.24) is 10.6 Å². The van der Waals surface area contributed by atoms with Crippen LogP contribution in [0.1, 0.15) is 25.7 Å². The minimum atomic E-state index is 0.225. The topological polar surface area (TPSA) is 64.5 Å². The molecule has 1 saturated carbocycles.